The average Bonchev–Trinajstić information content (AvgIpc) is 3.01. The minimum Gasteiger partial charge on any atom is -0.497 e. The van der Waals surface area contributed by atoms with Crippen LogP contribution in [-0.4, -0.2) is 56.1 Å². The summed E-state index contributed by atoms with van der Waals surface area (Å²) >= 11 is 0. The number of benzene rings is 2. The van der Waals surface area contributed by atoms with Crippen molar-refractivity contribution in [3.8, 4) is 5.75 Å². The van der Waals surface area contributed by atoms with Crippen LogP contribution in [0.3, 0.4) is 0 Å². The Labute approximate surface area is 275 Å². The van der Waals surface area contributed by atoms with Crippen molar-refractivity contribution in [2.45, 2.75) is 96.9 Å². The van der Waals surface area contributed by atoms with Crippen LogP contribution in [0.4, 0.5) is 22.0 Å². The molecule has 1 aliphatic carbocycles. The number of esters is 1. The fraction of sp³-hybridized carbons (Fsp3) is 0.595. The van der Waals surface area contributed by atoms with E-state index in [1.807, 2.05) is 38.1 Å². The van der Waals surface area contributed by atoms with Gasteiger partial charge in [-0.3, -0.25) is 9.69 Å². The van der Waals surface area contributed by atoms with Crippen molar-refractivity contribution in [1.82, 2.24) is 4.90 Å². The number of carbonyl (C=O) groups is 1. The molecule has 2 aliphatic rings. The van der Waals surface area contributed by atoms with Gasteiger partial charge >= 0.3 is 12.1 Å². The molecule has 2 aromatic rings. The molecule has 1 fully saturated rings. The first-order chi connectivity index (χ1) is 22.0. The minimum atomic E-state index is -4.50. The van der Waals surface area contributed by atoms with Crippen LogP contribution in [0.25, 0.3) is 5.57 Å². The number of rotatable bonds is 12. The molecule has 1 unspecified atom stereocenters. The Balaban J connectivity index is 1.61. The molecule has 0 saturated carbocycles. The summed E-state index contributed by atoms with van der Waals surface area (Å²) in [5.74, 6) is -2.02. The van der Waals surface area contributed by atoms with Crippen LogP contribution in [0.2, 0.25) is 0 Å². The first kappa shape index (κ1) is 36.8. The van der Waals surface area contributed by atoms with E-state index in [9.17, 15) is 18.0 Å². The zero-order valence-electron chi connectivity index (χ0n) is 28.4. The fourth-order valence-corrected chi connectivity index (χ4v) is 7.01. The molecule has 0 bridgehead atoms. The predicted molar refractivity (Wildman–Crippen MR) is 172 cm³/mol. The van der Waals surface area contributed by atoms with Crippen molar-refractivity contribution in [3.05, 3.63) is 70.8 Å². The van der Waals surface area contributed by atoms with Gasteiger partial charge in [-0.2, -0.15) is 13.2 Å². The van der Waals surface area contributed by atoms with E-state index in [1.54, 1.807) is 25.0 Å². The molecule has 0 radical (unpaired) electrons. The van der Waals surface area contributed by atoms with Crippen LogP contribution < -0.4 is 4.74 Å². The number of nitrogens with zero attached hydrogens (tertiary/aromatic N) is 1. The van der Waals surface area contributed by atoms with E-state index < -0.39 is 40.8 Å². The van der Waals surface area contributed by atoms with Crippen LogP contribution in [0, 0.1) is 23.0 Å². The SMILES string of the molecule is CCOC(=O)C1CC=C(c2ccc(CN(CC[C@@]3(c4ccc(OC)cc4)CCOC(C)(C)C3)CC(C)(C)C(F)(F)F)c(F)c2F)CC1. The topological polar surface area (TPSA) is 48.0 Å². The number of hydrogen-bond donors (Lipinski definition) is 0. The number of allylic oxidation sites excluding steroid dienone is 2. The van der Waals surface area contributed by atoms with E-state index in [2.05, 4.69) is 0 Å². The molecular formula is C37H48F5NO4. The maximum Gasteiger partial charge on any atom is 0.395 e. The van der Waals surface area contributed by atoms with Gasteiger partial charge in [-0.15, -0.1) is 0 Å². The number of methoxy groups -OCH3 is 1. The maximum absolute atomic E-state index is 15.7. The Hall–Kier alpha value is -2.98. The van der Waals surface area contributed by atoms with Crippen molar-refractivity contribution in [2.24, 2.45) is 11.3 Å². The summed E-state index contributed by atoms with van der Waals surface area (Å²) in [6, 6.07) is 10.7. The highest BCUT2D eigenvalue weighted by atomic mass is 19.4. The molecule has 1 heterocycles. The normalized spacial score (nSPS) is 21.8. The van der Waals surface area contributed by atoms with Gasteiger partial charge in [-0.25, -0.2) is 8.78 Å². The summed E-state index contributed by atoms with van der Waals surface area (Å²) in [6.45, 7) is 8.43. The third-order valence-corrected chi connectivity index (χ3v) is 9.77. The highest BCUT2D eigenvalue weighted by Crippen LogP contribution is 2.45. The molecule has 0 N–H and O–H groups in total. The van der Waals surface area contributed by atoms with Crippen molar-refractivity contribution in [3.63, 3.8) is 0 Å². The van der Waals surface area contributed by atoms with E-state index in [0.717, 1.165) is 19.4 Å². The van der Waals surface area contributed by atoms with Crippen LogP contribution in [0.5, 0.6) is 5.75 Å². The lowest BCUT2D eigenvalue weighted by atomic mass is 9.67. The van der Waals surface area contributed by atoms with Crippen LogP contribution in [0.1, 0.15) is 89.8 Å². The summed E-state index contributed by atoms with van der Waals surface area (Å²) in [4.78, 5) is 13.7. The molecule has 5 nitrogen and oxygen atoms in total. The van der Waals surface area contributed by atoms with Gasteiger partial charge in [0.05, 0.1) is 30.7 Å². The van der Waals surface area contributed by atoms with Gasteiger partial charge in [0.2, 0.25) is 0 Å². The standard InChI is InChI=1S/C37H48F5NO4/c1-7-46-33(44)26-10-8-25(9-11-26)30-17-12-27(31(38)32(30)39)22-43(24-34(2,3)37(40,41)42)20-18-36(19-21-47-35(4,5)23-36)28-13-15-29(45-6)16-14-28/h8,12-17,26H,7,9-11,18-24H2,1-6H3/t26?,36-/m1/s1. The summed E-state index contributed by atoms with van der Waals surface area (Å²) in [6.07, 6.45) is 0.280. The zero-order valence-corrected chi connectivity index (χ0v) is 28.4. The zero-order chi connectivity index (χ0) is 34.6. The second-order valence-electron chi connectivity index (χ2n) is 14.2. The van der Waals surface area contributed by atoms with E-state index in [4.69, 9.17) is 14.2 Å². The Morgan fingerprint density at radius 3 is 2.34 bits per heavy atom. The fourth-order valence-electron chi connectivity index (χ4n) is 7.01. The third kappa shape index (κ3) is 8.74. The van der Waals surface area contributed by atoms with Crippen molar-refractivity contribution in [1.29, 1.82) is 0 Å². The summed E-state index contributed by atoms with van der Waals surface area (Å²) in [5, 5.41) is 0. The van der Waals surface area contributed by atoms with Crippen LogP contribution in [-0.2, 0) is 26.2 Å². The van der Waals surface area contributed by atoms with E-state index >= 15 is 8.78 Å². The number of halogens is 5. The third-order valence-electron chi connectivity index (χ3n) is 9.77. The summed E-state index contributed by atoms with van der Waals surface area (Å²) in [5.41, 5.74) is -1.20. The Kier molecular flexibility index (Phi) is 11.5. The molecule has 1 saturated heterocycles. The molecular weight excluding hydrogens is 617 g/mol. The molecule has 0 amide bonds. The lowest BCUT2D eigenvalue weighted by molar-refractivity contribution is -0.217. The molecule has 4 rings (SSSR count). The first-order valence-electron chi connectivity index (χ1n) is 16.4. The second-order valence-corrected chi connectivity index (χ2v) is 14.2. The highest BCUT2D eigenvalue weighted by molar-refractivity contribution is 5.75. The second kappa shape index (κ2) is 14.6. The van der Waals surface area contributed by atoms with Crippen molar-refractivity contribution in [2.75, 3.05) is 33.4 Å². The van der Waals surface area contributed by atoms with Gasteiger partial charge in [-0.05, 0) is 103 Å². The van der Waals surface area contributed by atoms with E-state index in [-0.39, 0.29) is 42.7 Å². The number of ether oxygens (including phenoxy) is 3. The van der Waals surface area contributed by atoms with Crippen LogP contribution in [0.15, 0.2) is 42.5 Å². The van der Waals surface area contributed by atoms with Crippen molar-refractivity contribution < 1.29 is 41.0 Å². The molecule has 0 spiro atoms. The predicted octanol–water partition coefficient (Wildman–Crippen LogP) is 9.03. The molecule has 47 heavy (non-hydrogen) atoms. The summed E-state index contributed by atoms with van der Waals surface area (Å²) < 4.78 is 90.2. The van der Waals surface area contributed by atoms with Gasteiger partial charge in [0.1, 0.15) is 5.75 Å². The highest BCUT2D eigenvalue weighted by Gasteiger charge is 2.49. The molecule has 1 aliphatic heterocycles. The van der Waals surface area contributed by atoms with Crippen molar-refractivity contribution >= 4 is 11.5 Å². The molecule has 10 heteroatoms. The molecule has 2 aromatic carbocycles. The number of alkyl halides is 3. The van der Waals surface area contributed by atoms with Gasteiger partial charge < -0.3 is 14.2 Å². The minimum absolute atomic E-state index is 0.00385. The van der Waals surface area contributed by atoms with Gasteiger partial charge in [0.15, 0.2) is 11.6 Å². The lowest BCUT2D eigenvalue weighted by Gasteiger charge is -2.46. The largest absolute Gasteiger partial charge is 0.497 e. The Bertz CT molecular complexity index is 1420. The average molecular weight is 666 g/mol. The monoisotopic (exact) mass is 665 g/mol. The van der Waals surface area contributed by atoms with E-state index in [0.29, 0.717) is 56.5 Å². The van der Waals surface area contributed by atoms with Crippen LogP contribution >= 0.6 is 0 Å². The van der Waals surface area contributed by atoms with Gasteiger partial charge in [-0.1, -0.05) is 30.3 Å². The first-order valence-corrected chi connectivity index (χ1v) is 16.4. The number of hydrogen-bond acceptors (Lipinski definition) is 5. The molecule has 2 atom stereocenters. The number of carbonyl (C=O) groups excluding carboxylic acids is 1. The maximum atomic E-state index is 15.7. The van der Waals surface area contributed by atoms with Gasteiger partial charge in [0.25, 0.3) is 0 Å². The quantitative estimate of drug-likeness (QED) is 0.167. The smallest absolute Gasteiger partial charge is 0.395 e. The molecule has 0 aromatic heterocycles. The molecule has 260 valence electrons. The Morgan fingerprint density at radius 1 is 1.06 bits per heavy atom. The van der Waals surface area contributed by atoms with Gasteiger partial charge in [0, 0.05) is 36.2 Å². The Morgan fingerprint density at radius 2 is 1.77 bits per heavy atom. The lowest BCUT2D eigenvalue weighted by Crippen LogP contribution is -2.47. The van der Waals surface area contributed by atoms with E-state index in [1.165, 1.54) is 12.1 Å². The summed E-state index contributed by atoms with van der Waals surface area (Å²) in [7, 11) is 1.59.